The third-order valence-corrected chi connectivity index (χ3v) is 5.16. The van der Waals surface area contributed by atoms with E-state index in [2.05, 4.69) is 10.3 Å². The summed E-state index contributed by atoms with van der Waals surface area (Å²) in [6.45, 7) is -0.123. The van der Waals surface area contributed by atoms with Gasteiger partial charge in [0.15, 0.2) is 0 Å². The molecule has 1 aliphatic carbocycles. The van der Waals surface area contributed by atoms with Crippen LogP contribution in [0.3, 0.4) is 0 Å². The van der Waals surface area contributed by atoms with Gasteiger partial charge in [0, 0.05) is 34.6 Å². The number of hydrogen-bond acceptors (Lipinski definition) is 3. The average Bonchev–Trinajstić information content (AvgIpc) is 3.47. The molecule has 0 atom stereocenters. The van der Waals surface area contributed by atoms with Gasteiger partial charge in [-0.25, -0.2) is 4.39 Å². The number of carbonyl (C=O) groups is 3. The lowest BCUT2D eigenvalue weighted by Gasteiger charge is -2.23. The summed E-state index contributed by atoms with van der Waals surface area (Å²) in [5.41, 5.74) is 6.74. The minimum atomic E-state index is -0.713. The van der Waals surface area contributed by atoms with E-state index in [0.717, 1.165) is 29.8 Å². The molecule has 0 saturated heterocycles. The van der Waals surface area contributed by atoms with Crippen molar-refractivity contribution in [2.45, 2.75) is 25.4 Å². The van der Waals surface area contributed by atoms with E-state index in [1.54, 1.807) is 11.0 Å². The zero-order valence-electron chi connectivity index (χ0n) is 16.2. The molecule has 4 N–H and O–H groups in total. The first kappa shape index (κ1) is 19.6. The lowest BCUT2D eigenvalue weighted by molar-refractivity contribution is -0.131. The zero-order valence-corrected chi connectivity index (χ0v) is 16.2. The van der Waals surface area contributed by atoms with Crippen LogP contribution in [0.5, 0.6) is 0 Å². The predicted molar refractivity (Wildman–Crippen MR) is 109 cm³/mol. The fourth-order valence-electron chi connectivity index (χ4n) is 3.37. The maximum atomic E-state index is 14.3. The molecule has 7 nitrogen and oxygen atoms in total. The maximum Gasteiger partial charge on any atom is 0.268 e. The van der Waals surface area contributed by atoms with Crippen molar-refractivity contribution < 1.29 is 18.8 Å². The van der Waals surface area contributed by atoms with Crippen molar-refractivity contribution in [3.05, 3.63) is 71.2 Å². The number of primary amides is 1. The van der Waals surface area contributed by atoms with E-state index >= 15 is 0 Å². The zero-order chi connectivity index (χ0) is 21.3. The number of rotatable bonds is 7. The SMILES string of the molecule is NC(=O)c1ccc(CN(C(=O)CNC(=O)c2cc3ccccc3[nH]2)C2CC2)c(F)c1. The number of aromatic nitrogens is 1. The number of nitrogens with zero attached hydrogens (tertiary/aromatic N) is 1. The third kappa shape index (κ3) is 4.17. The summed E-state index contributed by atoms with van der Waals surface area (Å²) < 4.78 is 14.3. The number of para-hydroxylation sites is 1. The van der Waals surface area contributed by atoms with Crippen molar-refractivity contribution in [3.8, 4) is 0 Å². The van der Waals surface area contributed by atoms with E-state index in [0.29, 0.717) is 11.3 Å². The number of hydrogen-bond donors (Lipinski definition) is 3. The van der Waals surface area contributed by atoms with Crippen LogP contribution in [0.25, 0.3) is 10.9 Å². The fourth-order valence-corrected chi connectivity index (χ4v) is 3.37. The Morgan fingerprint density at radius 3 is 2.57 bits per heavy atom. The van der Waals surface area contributed by atoms with Crippen molar-refractivity contribution >= 4 is 28.6 Å². The summed E-state index contributed by atoms with van der Waals surface area (Å²) in [6.07, 6.45) is 1.67. The van der Waals surface area contributed by atoms with Crippen LogP contribution in [0.2, 0.25) is 0 Å². The molecule has 4 rings (SSSR count). The minimum absolute atomic E-state index is 0.0256. The Morgan fingerprint density at radius 2 is 1.90 bits per heavy atom. The number of amides is 3. The van der Waals surface area contributed by atoms with Gasteiger partial charge in [0.2, 0.25) is 11.8 Å². The van der Waals surface area contributed by atoms with Gasteiger partial charge < -0.3 is 20.9 Å². The number of halogens is 1. The van der Waals surface area contributed by atoms with Crippen LogP contribution in [0.4, 0.5) is 4.39 Å². The molecule has 154 valence electrons. The minimum Gasteiger partial charge on any atom is -0.366 e. The molecule has 1 aliphatic rings. The van der Waals surface area contributed by atoms with Gasteiger partial charge in [-0.15, -0.1) is 0 Å². The molecule has 0 radical (unpaired) electrons. The van der Waals surface area contributed by atoms with Crippen LogP contribution < -0.4 is 11.1 Å². The molecule has 1 fully saturated rings. The standard InChI is InChI=1S/C22H21FN4O3/c23-17-9-14(21(24)29)5-6-15(17)12-27(16-7-8-16)20(28)11-25-22(30)19-10-13-3-1-2-4-18(13)26-19/h1-6,9-10,16,26H,7-8,11-12H2,(H2,24,29)(H,25,30). The van der Waals surface area contributed by atoms with Crippen LogP contribution in [0, 0.1) is 5.82 Å². The molecule has 1 saturated carbocycles. The van der Waals surface area contributed by atoms with Gasteiger partial charge in [-0.1, -0.05) is 24.3 Å². The second-order valence-electron chi connectivity index (χ2n) is 7.38. The molecule has 8 heteroatoms. The Labute approximate surface area is 172 Å². The Bertz CT molecular complexity index is 1100. The highest BCUT2D eigenvalue weighted by Gasteiger charge is 2.33. The number of aromatic amines is 1. The number of fused-ring (bicyclic) bond motifs is 1. The molecule has 1 heterocycles. The summed E-state index contributed by atoms with van der Waals surface area (Å²) in [7, 11) is 0. The summed E-state index contributed by atoms with van der Waals surface area (Å²) in [5, 5.41) is 3.54. The van der Waals surface area contributed by atoms with E-state index in [-0.39, 0.29) is 36.5 Å². The van der Waals surface area contributed by atoms with Crippen LogP contribution >= 0.6 is 0 Å². The largest absolute Gasteiger partial charge is 0.366 e. The molecule has 0 bridgehead atoms. The van der Waals surface area contributed by atoms with Crippen molar-refractivity contribution in [3.63, 3.8) is 0 Å². The average molecular weight is 408 g/mol. The number of H-pyrrole nitrogens is 1. The van der Waals surface area contributed by atoms with E-state index < -0.39 is 11.7 Å². The van der Waals surface area contributed by atoms with E-state index in [1.165, 1.54) is 12.1 Å². The quantitative estimate of drug-likeness (QED) is 0.558. The second-order valence-corrected chi connectivity index (χ2v) is 7.38. The number of benzene rings is 2. The van der Waals surface area contributed by atoms with Crippen LogP contribution in [-0.2, 0) is 11.3 Å². The Balaban J connectivity index is 1.41. The smallest absolute Gasteiger partial charge is 0.268 e. The first-order valence-corrected chi connectivity index (χ1v) is 9.66. The molecule has 3 aromatic rings. The lowest BCUT2D eigenvalue weighted by Crippen LogP contribution is -2.41. The Kier molecular flexibility index (Phi) is 5.22. The monoisotopic (exact) mass is 408 g/mol. The third-order valence-electron chi connectivity index (χ3n) is 5.16. The molecule has 1 aromatic heterocycles. The van der Waals surface area contributed by atoms with Gasteiger partial charge in [0.05, 0.1) is 6.54 Å². The highest BCUT2D eigenvalue weighted by molar-refractivity contribution is 5.99. The van der Waals surface area contributed by atoms with Gasteiger partial charge in [-0.3, -0.25) is 14.4 Å². The lowest BCUT2D eigenvalue weighted by atomic mass is 10.1. The molecule has 30 heavy (non-hydrogen) atoms. The normalized spacial score (nSPS) is 13.2. The predicted octanol–water partition coefficient (Wildman–Crippen LogP) is 2.33. The molecular weight excluding hydrogens is 387 g/mol. The first-order valence-electron chi connectivity index (χ1n) is 9.66. The molecule has 3 amide bonds. The van der Waals surface area contributed by atoms with Crippen molar-refractivity contribution in [2.75, 3.05) is 6.54 Å². The summed E-state index contributed by atoms with van der Waals surface area (Å²) in [4.78, 5) is 40.9. The van der Waals surface area contributed by atoms with Crippen molar-refractivity contribution in [1.29, 1.82) is 0 Å². The van der Waals surface area contributed by atoms with Crippen molar-refractivity contribution in [1.82, 2.24) is 15.2 Å². The number of carbonyl (C=O) groups excluding carboxylic acids is 3. The van der Waals surface area contributed by atoms with E-state index in [4.69, 9.17) is 5.73 Å². The molecular formula is C22H21FN4O3. The Hall–Kier alpha value is -3.68. The second kappa shape index (κ2) is 7.98. The van der Waals surface area contributed by atoms with Crippen molar-refractivity contribution in [2.24, 2.45) is 5.73 Å². The number of nitrogens with one attached hydrogen (secondary N) is 2. The molecule has 0 aliphatic heterocycles. The number of nitrogens with two attached hydrogens (primary N) is 1. The van der Waals surface area contributed by atoms with Gasteiger partial charge >= 0.3 is 0 Å². The van der Waals surface area contributed by atoms with Crippen LogP contribution in [0.15, 0.2) is 48.5 Å². The summed E-state index contributed by atoms with van der Waals surface area (Å²) in [6, 6.07) is 13.2. The molecule has 0 spiro atoms. The van der Waals surface area contributed by atoms with Gasteiger partial charge in [-0.2, -0.15) is 0 Å². The summed E-state index contributed by atoms with van der Waals surface area (Å²) >= 11 is 0. The maximum absolute atomic E-state index is 14.3. The summed E-state index contributed by atoms with van der Waals surface area (Å²) in [5.74, 6) is -1.98. The van der Waals surface area contributed by atoms with Crippen LogP contribution in [-0.4, -0.2) is 40.2 Å². The van der Waals surface area contributed by atoms with E-state index in [9.17, 15) is 18.8 Å². The topological polar surface area (TPSA) is 108 Å². The Morgan fingerprint density at radius 1 is 1.13 bits per heavy atom. The van der Waals surface area contributed by atoms with Gasteiger partial charge in [0.25, 0.3) is 5.91 Å². The first-order chi connectivity index (χ1) is 14.4. The highest BCUT2D eigenvalue weighted by atomic mass is 19.1. The molecule has 0 unspecified atom stereocenters. The fraction of sp³-hybridized carbons (Fsp3) is 0.227. The van der Waals surface area contributed by atoms with Crippen LogP contribution in [0.1, 0.15) is 39.3 Å². The highest BCUT2D eigenvalue weighted by Crippen LogP contribution is 2.29. The molecule has 2 aromatic carbocycles. The van der Waals surface area contributed by atoms with Gasteiger partial charge in [0.1, 0.15) is 11.5 Å². The van der Waals surface area contributed by atoms with Gasteiger partial charge in [-0.05, 0) is 37.1 Å². The van der Waals surface area contributed by atoms with E-state index in [1.807, 2.05) is 24.3 Å².